The van der Waals surface area contributed by atoms with Gasteiger partial charge in [0.05, 0.1) is 21.8 Å². The molecule has 0 saturated carbocycles. The van der Waals surface area contributed by atoms with Crippen LogP contribution in [0.15, 0.2) is 71.8 Å². The number of rotatable bonds is 2. The predicted octanol–water partition coefficient (Wildman–Crippen LogP) is 6.89. The number of hydrogen-bond donors (Lipinski definition) is 0. The van der Waals surface area contributed by atoms with Gasteiger partial charge in [0.15, 0.2) is 0 Å². The molecule has 0 aromatic heterocycles. The van der Waals surface area contributed by atoms with Crippen molar-refractivity contribution in [2.24, 2.45) is 5.10 Å². The Kier molecular flexibility index (Phi) is 4.47. The molecule has 2 heterocycles. The molecule has 2 aliphatic rings. The molecule has 2 aliphatic heterocycles. The number of para-hydroxylation sites is 1. The zero-order valence-corrected chi connectivity index (χ0v) is 16.9. The van der Waals surface area contributed by atoms with Gasteiger partial charge in [0.25, 0.3) is 0 Å². The van der Waals surface area contributed by atoms with Gasteiger partial charge < -0.3 is 4.74 Å². The zero-order valence-electron chi connectivity index (χ0n) is 14.6. The summed E-state index contributed by atoms with van der Waals surface area (Å²) in [6, 6.07) is 21.5. The summed E-state index contributed by atoms with van der Waals surface area (Å²) in [5.41, 5.74) is 4.11. The predicted molar refractivity (Wildman–Crippen MR) is 113 cm³/mol. The largest absolute Gasteiger partial charge is 0.464 e. The second-order valence-electron chi connectivity index (χ2n) is 6.84. The van der Waals surface area contributed by atoms with E-state index in [9.17, 15) is 0 Å². The van der Waals surface area contributed by atoms with Gasteiger partial charge in [0, 0.05) is 22.6 Å². The summed E-state index contributed by atoms with van der Waals surface area (Å²) in [4.78, 5) is 0. The van der Waals surface area contributed by atoms with Crippen molar-refractivity contribution in [3.63, 3.8) is 0 Å². The van der Waals surface area contributed by atoms with E-state index in [1.165, 1.54) is 0 Å². The minimum atomic E-state index is -0.375. The number of hydrazone groups is 1. The number of benzene rings is 3. The summed E-state index contributed by atoms with van der Waals surface area (Å²) in [5, 5.41) is 8.67. The molecule has 0 spiro atoms. The smallest absolute Gasteiger partial charge is 0.213 e. The van der Waals surface area contributed by atoms with E-state index in [-0.39, 0.29) is 12.3 Å². The van der Waals surface area contributed by atoms with E-state index in [0.29, 0.717) is 15.1 Å². The third-order valence-electron chi connectivity index (χ3n) is 5.11. The highest BCUT2D eigenvalue weighted by atomic mass is 35.5. The van der Waals surface area contributed by atoms with Gasteiger partial charge >= 0.3 is 0 Å². The first-order valence-electron chi connectivity index (χ1n) is 8.92. The van der Waals surface area contributed by atoms with Gasteiger partial charge in [-0.2, -0.15) is 5.10 Å². The van der Waals surface area contributed by atoms with Crippen molar-refractivity contribution < 1.29 is 4.74 Å². The lowest BCUT2D eigenvalue weighted by Gasteiger charge is -2.38. The molecule has 3 aromatic rings. The number of fused-ring (bicyclic) bond motifs is 3. The average Bonchev–Trinajstić information content (AvgIpc) is 3.16. The molecule has 0 fully saturated rings. The van der Waals surface area contributed by atoms with Gasteiger partial charge in [-0.1, -0.05) is 71.2 Å². The van der Waals surface area contributed by atoms with Gasteiger partial charge in [-0.05, 0) is 35.9 Å². The maximum atomic E-state index is 6.33. The zero-order chi connectivity index (χ0) is 19.3. The monoisotopic (exact) mass is 428 g/mol. The number of hydrogen-bond acceptors (Lipinski definition) is 3. The van der Waals surface area contributed by atoms with Crippen molar-refractivity contribution in [1.29, 1.82) is 0 Å². The Morgan fingerprint density at radius 3 is 2.46 bits per heavy atom. The lowest BCUT2D eigenvalue weighted by Crippen LogP contribution is -2.33. The van der Waals surface area contributed by atoms with E-state index in [1.54, 1.807) is 6.07 Å². The molecule has 0 unspecified atom stereocenters. The summed E-state index contributed by atoms with van der Waals surface area (Å²) in [7, 11) is 0. The molecule has 28 heavy (non-hydrogen) atoms. The summed E-state index contributed by atoms with van der Waals surface area (Å²) >= 11 is 18.4. The molecule has 0 N–H and O–H groups in total. The summed E-state index contributed by atoms with van der Waals surface area (Å²) < 4.78 is 6.33. The van der Waals surface area contributed by atoms with Crippen molar-refractivity contribution in [3.8, 4) is 5.75 Å². The van der Waals surface area contributed by atoms with Crippen LogP contribution in [-0.4, -0.2) is 10.7 Å². The molecule has 0 amide bonds. The number of nitrogens with zero attached hydrogens (tertiary/aromatic N) is 2. The van der Waals surface area contributed by atoms with Gasteiger partial charge in [0.2, 0.25) is 6.23 Å². The van der Waals surface area contributed by atoms with Crippen molar-refractivity contribution >= 4 is 40.5 Å². The Hall–Kier alpha value is -2.20. The molecule has 3 nitrogen and oxygen atoms in total. The van der Waals surface area contributed by atoms with Crippen LogP contribution in [0.2, 0.25) is 15.1 Å². The third-order valence-corrected chi connectivity index (χ3v) is 6.10. The maximum absolute atomic E-state index is 6.33. The summed E-state index contributed by atoms with van der Waals surface area (Å²) in [5.74, 6) is 0.868. The standard InChI is InChI=1S/C22H15Cl3N2O/c23-15-8-5-13(6-9-15)19-12-20-16-3-1-2-4-21(16)28-22(27(20)26-19)14-7-10-17(24)18(25)11-14/h1-11,20,22H,12H2/t20-,22+/m1/s1. The van der Waals surface area contributed by atoms with Gasteiger partial charge in [-0.3, -0.25) is 0 Å². The van der Waals surface area contributed by atoms with Crippen LogP contribution >= 0.6 is 34.8 Å². The van der Waals surface area contributed by atoms with Crippen molar-refractivity contribution in [2.75, 3.05) is 0 Å². The summed E-state index contributed by atoms with van der Waals surface area (Å²) in [6.45, 7) is 0. The Morgan fingerprint density at radius 2 is 1.68 bits per heavy atom. The van der Waals surface area contributed by atoms with Crippen LogP contribution in [0, 0.1) is 0 Å². The Balaban J connectivity index is 1.59. The quantitative estimate of drug-likeness (QED) is 0.443. The van der Waals surface area contributed by atoms with Gasteiger partial charge in [-0.25, -0.2) is 5.01 Å². The molecule has 0 saturated heterocycles. The first kappa shape index (κ1) is 17.9. The van der Waals surface area contributed by atoms with Crippen molar-refractivity contribution in [3.05, 3.63) is 98.5 Å². The molecule has 140 valence electrons. The molecular formula is C22H15Cl3N2O. The van der Waals surface area contributed by atoms with Gasteiger partial charge in [-0.15, -0.1) is 0 Å². The molecule has 2 atom stereocenters. The fraction of sp³-hybridized carbons (Fsp3) is 0.136. The lowest BCUT2D eigenvalue weighted by molar-refractivity contribution is -0.0190. The highest BCUT2D eigenvalue weighted by Crippen LogP contribution is 2.47. The van der Waals surface area contributed by atoms with E-state index in [4.69, 9.17) is 44.6 Å². The van der Waals surface area contributed by atoms with Crippen LogP contribution < -0.4 is 4.74 Å². The Morgan fingerprint density at radius 1 is 0.893 bits per heavy atom. The van der Waals surface area contributed by atoms with Gasteiger partial charge in [0.1, 0.15) is 5.75 Å². The fourth-order valence-electron chi connectivity index (χ4n) is 3.74. The van der Waals surface area contributed by atoms with Crippen molar-refractivity contribution in [1.82, 2.24) is 5.01 Å². The SMILES string of the molecule is Clc1ccc(C2=NN3[C@H](C2)c2ccccc2O[C@H]3c2ccc(Cl)c(Cl)c2)cc1. The minimum absolute atomic E-state index is 0.0927. The molecule has 0 aliphatic carbocycles. The molecule has 0 radical (unpaired) electrons. The Bertz CT molecular complexity index is 1080. The molecular weight excluding hydrogens is 415 g/mol. The second-order valence-corrected chi connectivity index (χ2v) is 8.09. The molecule has 0 bridgehead atoms. The van der Waals surface area contributed by atoms with Crippen LogP contribution in [0.25, 0.3) is 0 Å². The second kappa shape index (κ2) is 7.00. The van der Waals surface area contributed by atoms with Crippen LogP contribution in [0.3, 0.4) is 0 Å². The average molecular weight is 430 g/mol. The van der Waals surface area contributed by atoms with E-state index < -0.39 is 0 Å². The first-order chi connectivity index (χ1) is 13.6. The van der Waals surface area contributed by atoms with E-state index >= 15 is 0 Å². The fourth-order valence-corrected chi connectivity index (χ4v) is 4.17. The Labute approximate surface area is 178 Å². The third kappa shape index (κ3) is 3.04. The van der Waals surface area contributed by atoms with Crippen LogP contribution in [0.1, 0.15) is 35.4 Å². The van der Waals surface area contributed by atoms with E-state index in [1.807, 2.05) is 59.6 Å². The molecule has 3 aromatic carbocycles. The summed E-state index contributed by atoms with van der Waals surface area (Å²) in [6.07, 6.45) is 0.416. The van der Waals surface area contributed by atoms with Crippen LogP contribution in [0.5, 0.6) is 5.75 Å². The van der Waals surface area contributed by atoms with Crippen LogP contribution in [-0.2, 0) is 0 Å². The maximum Gasteiger partial charge on any atom is 0.213 e. The van der Waals surface area contributed by atoms with Crippen molar-refractivity contribution in [2.45, 2.75) is 18.7 Å². The number of halogens is 3. The normalized spacial score (nSPS) is 20.2. The first-order valence-corrected chi connectivity index (χ1v) is 10.1. The number of ether oxygens (including phenoxy) is 1. The minimum Gasteiger partial charge on any atom is -0.464 e. The topological polar surface area (TPSA) is 24.8 Å². The molecule has 6 heteroatoms. The van der Waals surface area contributed by atoms with E-state index in [2.05, 4.69) is 6.07 Å². The highest BCUT2D eigenvalue weighted by Gasteiger charge is 2.40. The highest BCUT2D eigenvalue weighted by molar-refractivity contribution is 6.42. The lowest BCUT2D eigenvalue weighted by atomic mass is 9.96. The van der Waals surface area contributed by atoms with E-state index in [0.717, 1.165) is 34.6 Å². The van der Waals surface area contributed by atoms with Crippen LogP contribution in [0.4, 0.5) is 0 Å². The molecule has 5 rings (SSSR count).